The second kappa shape index (κ2) is 5.41. The second-order valence-electron chi connectivity index (χ2n) is 4.30. The van der Waals surface area contributed by atoms with Gasteiger partial charge in [-0.05, 0) is 6.07 Å². The van der Waals surface area contributed by atoms with Crippen molar-refractivity contribution in [2.45, 2.75) is 0 Å². The minimum absolute atomic E-state index is 0.299. The Bertz CT molecular complexity index is 445. The highest BCUT2D eigenvalue weighted by atomic mass is 35.5. The standard InChI is InChI=1S/C11H16ClN5O/c12-8-5-9(13)11(15-6-8)17-3-1-16(2-4-17)7-10(14)18/h5-6H,1-4,7,13H2,(H2,14,18). The Kier molecular flexibility index (Phi) is 3.88. The number of nitrogen functional groups attached to an aromatic ring is 1. The normalized spacial score (nSPS) is 16.8. The van der Waals surface area contributed by atoms with E-state index in [9.17, 15) is 4.79 Å². The molecule has 0 unspecified atom stereocenters. The predicted octanol–water partition coefficient (Wildman–Crippen LogP) is -0.0755. The van der Waals surface area contributed by atoms with E-state index in [-0.39, 0.29) is 5.91 Å². The minimum Gasteiger partial charge on any atom is -0.396 e. The predicted molar refractivity (Wildman–Crippen MR) is 71.5 cm³/mol. The molecule has 1 aliphatic heterocycles. The molecule has 4 N–H and O–H groups in total. The number of carbonyl (C=O) groups excluding carboxylic acids is 1. The summed E-state index contributed by atoms with van der Waals surface area (Å²) in [6, 6.07) is 1.69. The topological polar surface area (TPSA) is 88.5 Å². The van der Waals surface area contributed by atoms with E-state index in [4.69, 9.17) is 23.1 Å². The number of nitrogens with zero attached hydrogens (tertiary/aromatic N) is 3. The molecule has 7 heteroatoms. The first-order chi connectivity index (χ1) is 8.56. The first-order valence-electron chi connectivity index (χ1n) is 5.73. The summed E-state index contributed by atoms with van der Waals surface area (Å²) < 4.78 is 0. The number of carbonyl (C=O) groups is 1. The summed E-state index contributed by atoms with van der Waals surface area (Å²) in [4.78, 5) is 19.2. The number of nitrogens with two attached hydrogens (primary N) is 2. The summed E-state index contributed by atoms with van der Waals surface area (Å²) in [6.07, 6.45) is 1.59. The zero-order valence-corrected chi connectivity index (χ0v) is 10.7. The lowest BCUT2D eigenvalue weighted by Crippen LogP contribution is -2.49. The van der Waals surface area contributed by atoms with Crippen molar-refractivity contribution in [1.29, 1.82) is 0 Å². The van der Waals surface area contributed by atoms with Crippen LogP contribution in [0.5, 0.6) is 0 Å². The van der Waals surface area contributed by atoms with Crippen LogP contribution in [0, 0.1) is 0 Å². The Balaban J connectivity index is 1.99. The van der Waals surface area contributed by atoms with Gasteiger partial charge in [-0.15, -0.1) is 0 Å². The molecule has 2 heterocycles. The maximum atomic E-state index is 10.8. The number of pyridine rings is 1. The molecule has 1 fully saturated rings. The van der Waals surface area contributed by atoms with Gasteiger partial charge in [0, 0.05) is 32.4 Å². The van der Waals surface area contributed by atoms with Gasteiger partial charge in [0.2, 0.25) is 5.91 Å². The van der Waals surface area contributed by atoms with E-state index in [2.05, 4.69) is 9.88 Å². The van der Waals surface area contributed by atoms with Crippen LogP contribution in [0.1, 0.15) is 0 Å². The van der Waals surface area contributed by atoms with Crippen LogP contribution in [0.2, 0.25) is 5.02 Å². The fraction of sp³-hybridized carbons (Fsp3) is 0.455. The largest absolute Gasteiger partial charge is 0.396 e. The summed E-state index contributed by atoms with van der Waals surface area (Å²) in [6.45, 7) is 3.38. The zero-order valence-electron chi connectivity index (χ0n) is 9.97. The first kappa shape index (κ1) is 12.9. The molecule has 0 radical (unpaired) electrons. The van der Waals surface area contributed by atoms with Gasteiger partial charge in [-0.25, -0.2) is 4.98 Å². The fourth-order valence-electron chi connectivity index (χ4n) is 2.05. The van der Waals surface area contributed by atoms with Crippen LogP contribution >= 0.6 is 11.6 Å². The molecule has 0 aliphatic carbocycles. The van der Waals surface area contributed by atoms with Crippen molar-refractivity contribution in [3.05, 3.63) is 17.3 Å². The summed E-state index contributed by atoms with van der Waals surface area (Å²) in [5, 5.41) is 0.531. The molecule has 1 aromatic rings. The molecule has 18 heavy (non-hydrogen) atoms. The average molecular weight is 270 g/mol. The Hall–Kier alpha value is -1.53. The maximum absolute atomic E-state index is 10.8. The number of rotatable bonds is 3. The molecule has 0 spiro atoms. The summed E-state index contributed by atoms with van der Waals surface area (Å²) in [5.41, 5.74) is 11.6. The molecule has 6 nitrogen and oxygen atoms in total. The Labute approximate surface area is 110 Å². The van der Waals surface area contributed by atoms with E-state index in [1.54, 1.807) is 12.3 Å². The second-order valence-corrected chi connectivity index (χ2v) is 4.73. The lowest BCUT2D eigenvalue weighted by molar-refractivity contribution is -0.119. The molecule has 1 aliphatic rings. The van der Waals surface area contributed by atoms with Crippen molar-refractivity contribution in [2.24, 2.45) is 5.73 Å². The Morgan fingerprint density at radius 2 is 2.06 bits per heavy atom. The van der Waals surface area contributed by atoms with Gasteiger partial charge in [-0.1, -0.05) is 11.6 Å². The van der Waals surface area contributed by atoms with Gasteiger partial charge in [0.15, 0.2) is 5.82 Å². The molecular formula is C11H16ClN5O. The van der Waals surface area contributed by atoms with Gasteiger partial charge in [0.25, 0.3) is 0 Å². The SMILES string of the molecule is NC(=O)CN1CCN(c2ncc(Cl)cc2N)CC1. The third kappa shape index (κ3) is 3.02. The van der Waals surface area contributed by atoms with E-state index in [1.807, 2.05) is 4.90 Å². The third-order valence-electron chi connectivity index (χ3n) is 2.91. The van der Waals surface area contributed by atoms with E-state index in [0.717, 1.165) is 32.0 Å². The Morgan fingerprint density at radius 1 is 1.39 bits per heavy atom. The number of primary amides is 1. The fourth-order valence-corrected chi connectivity index (χ4v) is 2.22. The van der Waals surface area contributed by atoms with E-state index in [1.165, 1.54) is 0 Å². The van der Waals surface area contributed by atoms with Gasteiger partial charge in [-0.2, -0.15) is 0 Å². The van der Waals surface area contributed by atoms with Crippen molar-refractivity contribution in [2.75, 3.05) is 43.4 Å². The molecule has 2 rings (SSSR count). The molecule has 98 valence electrons. The molecule has 1 saturated heterocycles. The lowest BCUT2D eigenvalue weighted by Gasteiger charge is -2.35. The number of anilines is 2. The molecule has 0 atom stereocenters. The van der Waals surface area contributed by atoms with E-state index in [0.29, 0.717) is 17.3 Å². The van der Waals surface area contributed by atoms with Crippen molar-refractivity contribution in [1.82, 2.24) is 9.88 Å². The van der Waals surface area contributed by atoms with Crippen LogP contribution in [0.3, 0.4) is 0 Å². The molecule has 1 aromatic heterocycles. The van der Waals surface area contributed by atoms with Gasteiger partial charge < -0.3 is 16.4 Å². The first-order valence-corrected chi connectivity index (χ1v) is 6.10. The monoisotopic (exact) mass is 269 g/mol. The highest BCUT2D eigenvalue weighted by Gasteiger charge is 2.20. The van der Waals surface area contributed by atoms with Crippen molar-refractivity contribution >= 4 is 29.0 Å². The number of halogens is 1. The lowest BCUT2D eigenvalue weighted by atomic mass is 10.3. The highest BCUT2D eigenvalue weighted by molar-refractivity contribution is 6.30. The van der Waals surface area contributed by atoms with Crippen molar-refractivity contribution in [3.8, 4) is 0 Å². The molecule has 0 bridgehead atoms. The molecule has 0 saturated carbocycles. The van der Waals surface area contributed by atoms with E-state index >= 15 is 0 Å². The summed E-state index contributed by atoms with van der Waals surface area (Å²) in [7, 11) is 0. The number of aromatic nitrogens is 1. The minimum atomic E-state index is -0.299. The number of amides is 1. The zero-order chi connectivity index (χ0) is 13.1. The molecular weight excluding hydrogens is 254 g/mol. The average Bonchev–Trinajstić information content (AvgIpc) is 2.30. The van der Waals surface area contributed by atoms with Gasteiger partial charge in [0.05, 0.1) is 17.3 Å². The maximum Gasteiger partial charge on any atom is 0.231 e. The Morgan fingerprint density at radius 3 is 2.61 bits per heavy atom. The highest BCUT2D eigenvalue weighted by Crippen LogP contribution is 2.24. The van der Waals surface area contributed by atoms with Gasteiger partial charge in [-0.3, -0.25) is 9.69 Å². The van der Waals surface area contributed by atoms with Crippen LogP contribution < -0.4 is 16.4 Å². The van der Waals surface area contributed by atoms with Gasteiger partial charge in [0.1, 0.15) is 0 Å². The van der Waals surface area contributed by atoms with Crippen LogP contribution in [0.15, 0.2) is 12.3 Å². The molecule has 0 aromatic carbocycles. The summed E-state index contributed by atoms with van der Waals surface area (Å²) >= 11 is 5.82. The third-order valence-corrected chi connectivity index (χ3v) is 3.12. The summed E-state index contributed by atoms with van der Waals surface area (Å²) in [5.74, 6) is 0.450. The van der Waals surface area contributed by atoms with E-state index < -0.39 is 0 Å². The van der Waals surface area contributed by atoms with Crippen molar-refractivity contribution in [3.63, 3.8) is 0 Å². The number of hydrogen-bond donors (Lipinski definition) is 2. The smallest absolute Gasteiger partial charge is 0.231 e. The molecule has 1 amide bonds. The number of hydrogen-bond acceptors (Lipinski definition) is 5. The number of piperazine rings is 1. The van der Waals surface area contributed by atoms with Gasteiger partial charge >= 0.3 is 0 Å². The van der Waals surface area contributed by atoms with Crippen LogP contribution in [-0.2, 0) is 4.79 Å². The van der Waals surface area contributed by atoms with Crippen LogP contribution in [0.25, 0.3) is 0 Å². The van der Waals surface area contributed by atoms with Crippen molar-refractivity contribution < 1.29 is 4.79 Å². The van der Waals surface area contributed by atoms with Crippen LogP contribution in [-0.4, -0.2) is 48.5 Å². The quantitative estimate of drug-likeness (QED) is 0.802. The van der Waals surface area contributed by atoms with Crippen LogP contribution in [0.4, 0.5) is 11.5 Å².